The van der Waals surface area contributed by atoms with Gasteiger partial charge >= 0.3 is 0 Å². The first kappa shape index (κ1) is 9.46. The average Bonchev–Trinajstić information content (AvgIpc) is 1.39. The summed E-state index contributed by atoms with van der Waals surface area (Å²) < 4.78 is 4.53. The molecule has 0 saturated heterocycles. The van der Waals surface area contributed by atoms with Crippen molar-refractivity contribution in [3.05, 3.63) is 12.7 Å². The summed E-state index contributed by atoms with van der Waals surface area (Å²) in [5.41, 5.74) is 0. The summed E-state index contributed by atoms with van der Waals surface area (Å²) in [6, 6.07) is 0. The molecular formula is C3H12OSi2. The predicted octanol–water partition coefficient (Wildman–Crippen LogP) is -1.24. The Kier molecular flexibility index (Phi) is 30.4. The van der Waals surface area contributed by atoms with Crippen molar-refractivity contribution in [3.63, 3.8) is 0 Å². The van der Waals surface area contributed by atoms with Crippen LogP contribution < -0.4 is 0 Å². The van der Waals surface area contributed by atoms with Crippen LogP contribution >= 0.6 is 0 Å². The fourth-order valence-corrected chi connectivity index (χ4v) is 0. The van der Waals surface area contributed by atoms with Crippen molar-refractivity contribution < 1.29 is 4.12 Å². The molecule has 0 bridgehead atoms. The van der Waals surface area contributed by atoms with Gasteiger partial charge in [0.05, 0.1) is 0 Å². The molecule has 3 heteroatoms. The van der Waals surface area contributed by atoms with Crippen LogP contribution in [0.3, 0.4) is 0 Å². The molecule has 0 rings (SSSR count). The minimum atomic E-state index is 0.931. The first-order valence-corrected chi connectivity index (χ1v) is 3.44. The number of hydrogen-bond acceptors (Lipinski definition) is 1. The first-order chi connectivity index (χ1) is 2.83. The molecule has 0 unspecified atom stereocenters. The van der Waals surface area contributed by atoms with Crippen LogP contribution in [-0.2, 0) is 4.12 Å². The third-order valence-corrected chi connectivity index (χ3v) is 0. The van der Waals surface area contributed by atoms with Gasteiger partial charge < -0.3 is 4.12 Å². The second-order valence-corrected chi connectivity index (χ2v) is 4.08. The lowest BCUT2D eigenvalue weighted by Crippen LogP contribution is -1.65. The molecule has 0 aliphatic heterocycles. The van der Waals surface area contributed by atoms with Crippen molar-refractivity contribution >= 4 is 21.0 Å². The highest BCUT2D eigenvalue weighted by atomic mass is 28.3. The zero-order valence-electron chi connectivity index (χ0n) is 4.69. The van der Waals surface area contributed by atoms with Crippen LogP contribution in [0.5, 0.6) is 0 Å². The van der Waals surface area contributed by atoms with E-state index in [9.17, 15) is 0 Å². The molecule has 0 N–H and O–H groups in total. The van der Waals surface area contributed by atoms with Crippen LogP contribution in [0.25, 0.3) is 0 Å². The minimum Gasteiger partial charge on any atom is -0.471 e. The normalized spacial score (nSPS) is 6.17. The van der Waals surface area contributed by atoms with Gasteiger partial charge in [0.15, 0.2) is 0 Å². The summed E-state index contributed by atoms with van der Waals surface area (Å²) in [5, 5.41) is 0. The van der Waals surface area contributed by atoms with Crippen LogP contribution in [0.15, 0.2) is 12.7 Å². The maximum absolute atomic E-state index is 4.53. The Hall–Kier alpha value is 0.134. The third-order valence-electron chi connectivity index (χ3n) is 0. The summed E-state index contributed by atoms with van der Waals surface area (Å²) in [7, 11) is 1.86. The smallest absolute Gasteiger partial charge is 0.129 e. The summed E-state index contributed by atoms with van der Waals surface area (Å²) in [5.74, 6) is 0. The largest absolute Gasteiger partial charge is 0.471 e. The van der Waals surface area contributed by atoms with Crippen LogP contribution in [0, 0.1) is 0 Å². The van der Waals surface area contributed by atoms with Gasteiger partial charge in [-0.05, 0) is 6.92 Å². The molecule has 0 spiro atoms. The van der Waals surface area contributed by atoms with Crippen molar-refractivity contribution in [3.8, 4) is 0 Å². The maximum atomic E-state index is 4.53. The van der Waals surface area contributed by atoms with Gasteiger partial charge in [-0.15, -0.1) is 6.58 Å². The number of hydrogen-bond donors (Lipinski definition) is 0. The lowest BCUT2D eigenvalue weighted by atomic mass is 10.8. The van der Waals surface area contributed by atoms with E-state index >= 15 is 0 Å². The maximum Gasteiger partial charge on any atom is 0.129 e. The Morgan fingerprint density at radius 2 is 1.67 bits per heavy atom. The molecule has 1 nitrogen and oxygen atoms in total. The van der Waals surface area contributed by atoms with E-state index in [-0.39, 0.29) is 0 Å². The van der Waals surface area contributed by atoms with Gasteiger partial charge in [0.1, 0.15) is 21.0 Å². The topological polar surface area (TPSA) is 9.23 Å². The molecule has 0 fully saturated rings. The van der Waals surface area contributed by atoms with E-state index in [2.05, 4.69) is 10.7 Å². The zero-order valence-corrected chi connectivity index (χ0v) is 8.69. The van der Waals surface area contributed by atoms with E-state index in [1.54, 1.807) is 6.08 Å². The Bertz CT molecular complexity index is 22.8. The quantitative estimate of drug-likeness (QED) is 0.287. The molecule has 0 aromatic rings. The van der Waals surface area contributed by atoms with Gasteiger partial charge in [0.2, 0.25) is 0 Å². The molecule has 0 heterocycles. The van der Waals surface area contributed by atoms with Crippen molar-refractivity contribution in [1.82, 2.24) is 0 Å². The fraction of sp³-hybridized carbons (Fsp3) is 0.333. The van der Waals surface area contributed by atoms with E-state index in [0.717, 1.165) is 21.0 Å². The van der Waals surface area contributed by atoms with Crippen LogP contribution in [0.2, 0.25) is 0 Å². The van der Waals surface area contributed by atoms with Crippen molar-refractivity contribution in [2.24, 2.45) is 0 Å². The average molecular weight is 120 g/mol. The van der Waals surface area contributed by atoms with Crippen molar-refractivity contribution in [1.29, 1.82) is 0 Å². The summed E-state index contributed by atoms with van der Waals surface area (Å²) in [6.07, 6.45) is 1.75. The minimum absolute atomic E-state index is 0.931. The van der Waals surface area contributed by atoms with Gasteiger partial charge in [-0.2, -0.15) is 0 Å². The van der Waals surface area contributed by atoms with Crippen molar-refractivity contribution in [2.75, 3.05) is 0 Å². The molecule has 0 radical (unpaired) electrons. The van der Waals surface area contributed by atoms with Gasteiger partial charge in [0, 0.05) is 0 Å². The van der Waals surface area contributed by atoms with Crippen LogP contribution in [0.4, 0.5) is 0 Å². The van der Waals surface area contributed by atoms with E-state index in [0.29, 0.717) is 0 Å². The van der Waals surface area contributed by atoms with E-state index in [1.165, 1.54) is 0 Å². The fourth-order valence-electron chi connectivity index (χ4n) is 0. The molecule has 0 aliphatic carbocycles. The van der Waals surface area contributed by atoms with Crippen molar-refractivity contribution in [2.45, 2.75) is 6.92 Å². The first-order valence-electron chi connectivity index (χ1n) is 1.80. The third kappa shape index (κ3) is 2270. The molecule has 38 valence electrons. The predicted molar refractivity (Wildman–Crippen MR) is 36.8 cm³/mol. The Balaban J connectivity index is 0. The van der Waals surface area contributed by atoms with Gasteiger partial charge in [-0.25, -0.2) is 0 Å². The SMILES string of the molecule is C=CC.[SiH3]O[SiH3]. The van der Waals surface area contributed by atoms with E-state index < -0.39 is 0 Å². The second kappa shape index (κ2) is 19.3. The monoisotopic (exact) mass is 120 g/mol. The number of rotatable bonds is 0. The molecule has 0 aromatic heterocycles. The van der Waals surface area contributed by atoms with Gasteiger partial charge in [-0.1, -0.05) is 6.08 Å². The number of allylic oxidation sites excluding steroid dienone is 1. The highest BCUT2D eigenvalue weighted by molar-refractivity contribution is 6.15. The Morgan fingerprint density at radius 3 is 1.67 bits per heavy atom. The van der Waals surface area contributed by atoms with E-state index in [4.69, 9.17) is 0 Å². The van der Waals surface area contributed by atoms with Gasteiger partial charge in [-0.3, -0.25) is 0 Å². The highest BCUT2D eigenvalue weighted by Crippen LogP contribution is 1.38. The molecule has 0 saturated carbocycles. The lowest BCUT2D eigenvalue weighted by Gasteiger charge is -1.62. The van der Waals surface area contributed by atoms with Crippen LogP contribution in [-0.4, -0.2) is 21.0 Å². The summed E-state index contributed by atoms with van der Waals surface area (Å²) in [4.78, 5) is 0. The standard InChI is InChI=1S/C3H6.H6OSi2/c1-3-2;2-1-3/h3H,1H2,2H3;2-3H3. The Labute approximate surface area is 45.5 Å². The molecule has 0 atom stereocenters. The summed E-state index contributed by atoms with van der Waals surface area (Å²) in [6.45, 7) is 5.25. The molecule has 0 aromatic carbocycles. The lowest BCUT2D eigenvalue weighted by molar-refractivity contribution is 0.690. The van der Waals surface area contributed by atoms with E-state index in [1.807, 2.05) is 6.92 Å². The molecular weight excluding hydrogens is 108 g/mol. The second-order valence-electron chi connectivity index (χ2n) is 0.816. The Morgan fingerprint density at radius 1 is 1.67 bits per heavy atom. The molecule has 6 heavy (non-hydrogen) atoms. The molecule has 0 amide bonds. The summed E-state index contributed by atoms with van der Waals surface area (Å²) >= 11 is 0. The zero-order chi connectivity index (χ0) is 5.41. The van der Waals surface area contributed by atoms with Crippen LogP contribution in [0.1, 0.15) is 6.92 Å². The van der Waals surface area contributed by atoms with Gasteiger partial charge in [0.25, 0.3) is 0 Å². The highest BCUT2D eigenvalue weighted by Gasteiger charge is 1.28. The molecule has 0 aliphatic rings.